The fourth-order valence-corrected chi connectivity index (χ4v) is 9.36. The number of aryl methyl sites for hydroxylation is 2. The highest BCUT2D eigenvalue weighted by atomic mass is 79.9. The van der Waals surface area contributed by atoms with Crippen molar-refractivity contribution >= 4 is 45.3 Å². The normalized spacial score (nSPS) is 25.1. The summed E-state index contributed by atoms with van der Waals surface area (Å²) >= 11 is 3.78. The van der Waals surface area contributed by atoms with E-state index in [9.17, 15) is 14.7 Å². The lowest BCUT2D eigenvalue weighted by molar-refractivity contribution is -0.146. The van der Waals surface area contributed by atoms with Gasteiger partial charge >= 0.3 is 5.97 Å². The number of fused-ring (bicyclic) bond motifs is 1. The van der Waals surface area contributed by atoms with Gasteiger partial charge in [0.25, 0.3) is 5.91 Å². The number of amides is 3. The van der Waals surface area contributed by atoms with E-state index in [0.717, 1.165) is 22.3 Å². The van der Waals surface area contributed by atoms with E-state index >= 15 is 9.59 Å². The van der Waals surface area contributed by atoms with Gasteiger partial charge in [0, 0.05) is 23.5 Å². The standard InChI is InChI=1S/C43H48BrN3O7/c1-5-7-18-35(49)53-26-33(30-16-12-9-13-17-30)45-40(50)36-37-41(51)47(31(25-48)23-29-14-10-8-11-15-29)39(43(37)24-32(44)38(36)54-43)42(52)46(21-6-2)34-22-27(3)19-20-28(34)4/h5-6,8-17,19-20,22,31-33,36-39,48H,1-2,7,18,21,23-26H2,3-4H3,(H,45,50)/t31-,32?,33+,36+,37-,38+,39+,43-/m1/s1. The number of ether oxygens (including phenoxy) is 2. The number of benzene rings is 3. The molecule has 11 heteroatoms. The van der Waals surface area contributed by atoms with Crippen molar-refractivity contribution in [1.82, 2.24) is 10.2 Å². The third-order valence-electron chi connectivity index (χ3n) is 10.9. The number of hydrogen-bond donors (Lipinski definition) is 2. The maximum Gasteiger partial charge on any atom is 0.306 e. The molecule has 0 saturated carbocycles. The van der Waals surface area contributed by atoms with Gasteiger partial charge in [0.15, 0.2) is 0 Å². The first kappa shape index (κ1) is 39.1. The van der Waals surface area contributed by atoms with Crippen molar-refractivity contribution in [2.24, 2.45) is 11.8 Å². The summed E-state index contributed by atoms with van der Waals surface area (Å²) in [6.07, 6.45) is 3.76. The molecule has 0 radical (unpaired) electrons. The summed E-state index contributed by atoms with van der Waals surface area (Å²) in [7, 11) is 0. The number of likely N-dealkylation sites (tertiary alicyclic amines) is 1. The number of esters is 1. The minimum absolute atomic E-state index is 0.116. The lowest BCUT2D eigenvalue weighted by Gasteiger charge is -2.39. The quantitative estimate of drug-likeness (QED) is 0.111. The number of nitrogens with zero attached hydrogens (tertiary/aromatic N) is 2. The molecule has 3 aromatic carbocycles. The van der Waals surface area contributed by atoms with E-state index in [1.807, 2.05) is 92.7 Å². The lowest BCUT2D eigenvalue weighted by Crippen LogP contribution is -2.59. The van der Waals surface area contributed by atoms with Gasteiger partial charge in [-0.15, -0.1) is 13.2 Å². The molecule has 8 atom stereocenters. The summed E-state index contributed by atoms with van der Waals surface area (Å²) in [5.74, 6) is -3.67. The Morgan fingerprint density at radius 2 is 1.78 bits per heavy atom. The lowest BCUT2D eigenvalue weighted by atomic mass is 9.70. The topological polar surface area (TPSA) is 125 Å². The maximum atomic E-state index is 15.3. The molecular weight excluding hydrogens is 750 g/mol. The van der Waals surface area contributed by atoms with E-state index in [-0.39, 0.29) is 36.7 Å². The zero-order valence-electron chi connectivity index (χ0n) is 30.7. The molecule has 284 valence electrons. The van der Waals surface area contributed by atoms with Gasteiger partial charge in [-0.3, -0.25) is 19.2 Å². The SMILES string of the molecule is C=CCCC(=O)OC[C@H](NC(=O)[C@@H]1[C@H]2O[C@@]3(CC2Br)[C@H](C(=O)N(CC=C)c2cc(C)ccc2C)N([C@@H](CO)Cc2ccccc2)C(=O)[C@@H]13)c1ccccc1. The zero-order chi connectivity index (χ0) is 38.6. The molecule has 2 bridgehead atoms. The van der Waals surface area contributed by atoms with Gasteiger partial charge in [0.1, 0.15) is 18.2 Å². The first-order valence-corrected chi connectivity index (χ1v) is 19.4. The Morgan fingerprint density at radius 3 is 2.44 bits per heavy atom. The number of anilines is 1. The van der Waals surface area contributed by atoms with Crippen LogP contribution >= 0.6 is 15.9 Å². The first-order valence-electron chi connectivity index (χ1n) is 18.4. The highest BCUT2D eigenvalue weighted by Crippen LogP contribution is 2.60. The molecule has 10 nitrogen and oxygen atoms in total. The minimum Gasteiger partial charge on any atom is -0.463 e. The molecule has 3 aliphatic rings. The summed E-state index contributed by atoms with van der Waals surface area (Å²) < 4.78 is 12.4. The van der Waals surface area contributed by atoms with Gasteiger partial charge in [0.05, 0.1) is 36.6 Å². The molecule has 3 fully saturated rings. The summed E-state index contributed by atoms with van der Waals surface area (Å²) in [6, 6.07) is 21.9. The van der Waals surface area contributed by atoms with E-state index in [0.29, 0.717) is 18.5 Å². The summed E-state index contributed by atoms with van der Waals surface area (Å²) in [5, 5.41) is 14.0. The molecule has 3 aromatic rings. The van der Waals surface area contributed by atoms with Crippen LogP contribution in [0.1, 0.15) is 47.6 Å². The number of allylic oxidation sites excluding steroid dienone is 1. The van der Waals surface area contributed by atoms with E-state index in [1.165, 1.54) is 4.90 Å². The number of nitrogens with one attached hydrogen (secondary N) is 1. The number of carbonyl (C=O) groups excluding carboxylic acids is 4. The van der Waals surface area contributed by atoms with Gasteiger partial charge < -0.3 is 29.7 Å². The van der Waals surface area contributed by atoms with Gasteiger partial charge in [-0.2, -0.15) is 0 Å². The molecule has 6 rings (SSSR count). The summed E-state index contributed by atoms with van der Waals surface area (Å²) in [4.78, 5) is 60.3. The molecule has 3 heterocycles. The van der Waals surface area contributed by atoms with Gasteiger partial charge in [-0.25, -0.2) is 0 Å². The number of aliphatic hydroxyl groups excluding tert-OH is 1. The molecule has 3 amide bonds. The fraction of sp³-hybridized carbons (Fsp3) is 0.395. The van der Waals surface area contributed by atoms with Crippen molar-refractivity contribution in [3.8, 4) is 0 Å². The Hall–Kier alpha value is -4.58. The molecule has 2 N–H and O–H groups in total. The van der Waals surface area contributed by atoms with E-state index in [1.54, 1.807) is 17.1 Å². The van der Waals surface area contributed by atoms with E-state index in [4.69, 9.17) is 9.47 Å². The number of hydrogen-bond acceptors (Lipinski definition) is 7. The molecule has 3 aliphatic heterocycles. The third-order valence-corrected chi connectivity index (χ3v) is 11.7. The second-order valence-corrected chi connectivity index (χ2v) is 15.6. The Bertz CT molecular complexity index is 1870. The average Bonchev–Trinajstić information content (AvgIpc) is 3.78. The Kier molecular flexibility index (Phi) is 12.2. The van der Waals surface area contributed by atoms with E-state index < -0.39 is 66.1 Å². The largest absolute Gasteiger partial charge is 0.463 e. The predicted molar refractivity (Wildman–Crippen MR) is 210 cm³/mol. The highest BCUT2D eigenvalue weighted by molar-refractivity contribution is 9.09. The number of halogens is 1. The number of alkyl halides is 1. The van der Waals surface area contributed by atoms with Crippen molar-refractivity contribution in [2.75, 3.05) is 24.7 Å². The second kappa shape index (κ2) is 16.8. The van der Waals surface area contributed by atoms with Crippen LogP contribution in [0.5, 0.6) is 0 Å². The Morgan fingerprint density at radius 1 is 1.07 bits per heavy atom. The van der Waals surface area contributed by atoms with Crippen LogP contribution in [0.2, 0.25) is 0 Å². The van der Waals surface area contributed by atoms with Gasteiger partial charge in [-0.05, 0) is 61.4 Å². The monoisotopic (exact) mass is 797 g/mol. The van der Waals surface area contributed by atoms with Crippen molar-refractivity contribution in [2.45, 2.75) is 74.2 Å². The minimum atomic E-state index is -1.38. The van der Waals surface area contributed by atoms with Crippen LogP contribution in [0, 0.1) is 25.7 Å². The maximum absolute atomic E-state index is 15.3. The second-order valence-electron chi connectivity index (χ2n) is 14.4. The molecule has 54 heavy (non-hydrogen) atoms. The molecule has 1 spiro atoms. The zero-order valence-corrected chi connectivity index (χ0v) is 32.3. The fourth-order valence-electron chi connectivity index (χ4n) is 8.41. The van der Waals surface area contributed by atoms with Crippen molar-refractivity contribution < 1.29 is 33.8 Å². The summed E-state index contributed by atoms with van der Waals surface area (Å²) in [5.41, 5.74) is 2.74. The molecule has 1 unspecified atom stereocenters. The molecule has 3 saturated heterocycles. The Labute approximate surface area is 325 Å². The van der Waals surface area contributed by atoms with Crippen LogP contribution in [0.4, 0.5) is 5.69 Å². The van der Waals surface area contributed by atoms with Crippen LogP contribution in [-0.4, -0.2) is 82.1 Å². The third kappa shape index (κ3) is 7.54. The van der Waals surface area contributed by atoms with Gasteiger partial charge in [-0.1, -0.05) is 101 Å². The van der Waals surface area contributed by atoms with Crippen LogP contribution in [0.15, 0.2) is 104 Å². The smallest absolute Gasteiger partial charge is 0.306 e. The van der Waals surface area contributed by atoms with Crippen LogP contribution < -0.4 is 10.2 Å². The van der Waals surface area contributed by atoms with Gasteiger partial charge in [0.2, 0.25) is 11.8 Å². The number of rotatable bonds is 16. The van der Waals surface area contributed by atoms with Crippen molar-refractivity contribution in [3.05, 3.63) is 126 Å². The molecular formula is C43H48BrN3O7. The molecule has 0 aromatic heterocycles. The molecule has 0 aliphatic carbocycles. The predicted octanol–water partition coefficient (Wildman–Crippen LogP) is 5.54. The van der Waals surface area contributed by atoms with Crippen LogP contribution in [0.25, 0.3) is 0 Å². The number of aliphatic hydroxyl groups is 1. The first-order chi connectivity index (χ1) is 26.0. The summed E-state index contributed by atoms with van der Waals surface area (Å²) in [6.45, 7) is 11.1. The van der Waals surface area contributed by atoms with Crippen LogP contribution in [0.3, 0.4) is 0 Å². The Balaban J connectivity index is 1.40. The average molecular weight is 799 g/mol. The van der Waals surface area contributed by atoms with Crippen molar-refractivity contribution in [3.63, 3.8) is 0 Å². The number of carbonyl (C=O) groups is 4. The van der Waals surface area contributed by atoms with E-state index in [2.05, 4.69) is 34.4 Å². The van der Waals surface area contributed by atoms with Crippen LogP contribution in [-0.2, 0) is 35.1 Å². The van der Waals surface area contributed by atoms with Crippen molar-refractivity contribution in [1.29, 1.82) is 0 Å². The highest BCUT2D eigenvalue weighted by Gasteiger charge is 2.77.